The third-order valence-corrected chi connectivity index (χ3v) is 6.20. The van der Waals surface area contributed by atoms with Gasteiger partial charge in [0.2, 0.25) is 0 Å². The molecule has 36 heavy (non-hydrogen) atoms. The normalized spacial score (nSPS) is 14.8. The number of benzene rings is 3. The first-order chi connectivity index (χ1) is 17.2. The number of amides is 4. The summed E-state index contributed by atoms with van der Waals surface area (Å²) in [7, 11) is 1.47. The van der Waals surface area contributed by atoms with E-state index in [1.54, 1.807) is 24.3 Å². The molecular formula is C28H25ClN2O5. The molecular weight excluding hydrogens is 480 g/mol. The second-order valence-corrected chi connectivity index (χ2v) is 8.94. The van der Waals surface area contributed by atoms with Crippen LogP contribution in [0.4, 0.5) is 10.5 Å². The first kappa shape index (κ1) is 25.0. The molecule has 0 bridgehead atoms. The third kappa shape index (κ3) is 5.11. The van der Waals surface area contributed by atoms with Crippen molar-refractivity contribution in [3.63, 3.8) is 0 Å². The number of carbonyl (C=O) groups is 3. The number of hydrogen-bond acceptors (Lipinski definition) is 5. The molecule has 0 aliphatic carbocycles. The maximum Gasteiger partial charge on any atom is 0.335 e. The molecule has 1 heterocycles. The van der Waals surface area contributed by atoms with E-state index in [0.717, 1.165) is 27.2 Å². The minimum atomic E-state index is -0.805. The molecule has 0 atom stereocenters. The average Bonchev–Trinajstić information content (AvgIpc) is 2.84. The number of aryl methyl sites for hydroxylation is 3. The summed E-state index contributed by atoms with van der Waals surface area (Å²) in [6, 6.07) is 15.5. The third-order valence-electron chi connectivity index (χ3n) is 5.92. The topological polar surface area (TPSA) is 84.9 Å². The number of urea groups is 1. The van der Waals surface area contributed by atoms with E-state index in [2.05, 4.69) is 5.32 Å². The number of barbiturate groups is 1. The molecule has 3 aromatic carbocycles. The van der Waals surface area contributed by atoms with Crippen LogP contribution in [0.25, 0.3) is 6.08 Å². The fourth-order valence-corrected chi connectivity index (χ4v) is 4.00. The monoisotopic (exact) mass is 504 g/mol. The Bertz CT molecular complexity index is 1400. The van der Waals surface area contributed by atoms with E-state index in [9.17, 15) is 14.4 Å². The molecule has 0 aromatic heterocycles. The Morgan fingerprint density at radius 1 is 0.944 bits per heavy atom. The fraction of sp³-hybridized carbons (Fsp3) is 0.179. The summed E-state index contributed by atoms with van der Waals surface area (Å²) >= 11 is 6.49. The predicted molar refractivity (Wildman–Crippen MR) is 138 cm³/mol. The molecule has 0 saturated carbocycles. The maximum atomic E-state index is 13.2. The molecule has 7 nitrogen and oxygen atoms in total. The highest BCUT2D eigenvalue weighted by Gasteiger charge is 2.37. The van der Waals surface area contributed by atoms with Crippen molar-refractivity contribution in [3.8, 4) is 11.5 Å². The highest BCUT2D eigenvalue weighted by molar-refractivity contribution is 6.39. The van der Waals surface area contributed by atoms with Gasteiger partial charge in [0, 0.05) is 0 Å². The van der Waals surface area contributed by atoms with Gasteiger partial charge in [0.15, 0.2) is 11.5 Å². The van der Waals surface area contributed by atoms with Crippen LogP contribution in [0.3, 0.4) is 0 Å². The summed E-state index contributed by atoms with van der Waals surface area (Å²) in [5.74, 6) is -0.845. The lowest BCUT2D eigenvalue weighted by Crippen LogP contribution is -2.54. The van der Waals surface area contributed by atoms with Crippen molar-refractivity contribution >= 4 is 41.2 Å². The van der Waals surface area contributed by atoms with Gasteiger partial charge in [-0.25, -0.2) is 9.69 Å². The first-order valence-electron chi connectivity index (χ1n) is 11.2. The number of anilines is 1. The van der Waals surface area contributed by atoms with Crippen LogP contribution in [0.2, 0.25) is 5.02 Å². The van der Waals surface area contributed by atoms with E-state index >= 15 is 0 Å². The lowest BCUT2D eigenvalue weighted by atomic mass is 10.0. The summed E-state index contributed by atoms with van der Waals surface area (Å²) in [5, 5.41) is 2.48. The van der Waals surface area contributed by atoms with Crippen LogP contribution in [-0.4, -0.2) is 25.0 Å². The number of nitrogens with zero attached hydrogens (tertiary/aromatic N) is 1. The van der Waals surface area contributed by atoms with Crippen molar-refractivity contribution < 1.29 is 23.9 Å². The van der Waals surface area contributed by atoms with Crippen molar-refractivity contribution in [1.29, 1.82) is 0 Å². The van der Waals surface area contributed by atoms with Crippen LogP contribution < -0.4 is 19.7 Å². The molecule has 8 heteroatoms. The second-order valence-electron chi connectivity index (χ2n) is 8.53. The van der Waals surface area contributed by atoms with Gasteiger partial charge in [0.05, 0.1) is 17.8 Å². The lowest BCUT2D eigenvalue weighted by molar-refractivity contribution is -0.122. The molecule has 0 spiro atoms. The van der Waals surface area contributed by atoms with Gasteiger partial charge in [-0.1, -0.05) is 47.5 Å². The number of hydrogen-bond donors (Lipinski definition) is 1. The smallest absolute Gasteiger partial charge is 0.335 e. The molecule has 4 amide bonds. The van der Waals surface area contributed by atoms with Gasteiger partial charge in [0.25, 0.3) is 11.8 Å². The number of rotatable bonds is 6. The van der Waals surface area contributed by atoms with E-state index in [1.165, 1.54) is 13.2 Å². The van der Waals surface area contributed by atoms with Crippen molar-refractivity contribution in [2.75, 3.05) is 12.0 Å². The first-order valence-corrected chi connectivity index (χ1v) is 11.6. The minimum Gasteiger partial charge on any atom is -0.493 e. The number of imide groups is 2. The SMILES string of the molecule is COc1cc(/C=C2\C(=O)NC(=O)N(c3ccc(C)c(C)c3)C2=O)cc(Cl)c1OCc1ccc(C)cc1. The Hall–Kier alpha value is -4.10. The summed E-state index contributed by atoms with van der Waals surface area (Å²) in [6.45, 7) is 6.10. The Labute approximate surface area is 214 Å². The molecule has 1 aliphatic rings. The van der Waals surface area contributed by atoms with Gasteiger partial charge in [0.1, 0.15) is 12.2 Å². The number of nitrogens with one attached hydrogen (secondary N) is 1. The predicted octanol–water partition coefficient (Wildman–Crippen LogP) is 5.52. The standard InChI is InChI=1S/C28H25ClN2O5/c1-16-5-8-19(9-6-16)15-36-25-23(29)13-20(14-24(25)35-4)12-22-26(32)30-28(34)31(27(22)33)21-10-7-17(2)18(3)11-21/h5-14H,15H2,1-4H3,(H,30,32,34)/b22-12+. The Balaban J connectivity index is 1.64. The van der Waals surface area contributed by atoms with Crippen molar-refractivity contribution in [2.45, 2.75) is 27.4 Å². The number of methoxy groups -OCH3 is 1. The van der Waals surface area contributed by atoms with E-state index < -0.39 is 17.8 Å². The average molecular weight is 505 g/mol. The van der Waals surface area contributed by atoms with Crippen LogP contribution in [0, 0.1) is 20.8 Å². The summed E-state index contributed by atoms with van der Waals surface area (Å²) in [5.41, 5.74) is 4.63. The van der Waals surface area contributed by atoms with Gasteiger partial charge in [-0.3, -0.25) is 14.9 Å². The molecule has 1 aliphatic heterocycles. The zero-order valence-electron chi connectivity index (χ0n) is 20.3. The van der Waals surface area contributed by atoms with Crippen molar-refractivity contribution in [3.05, 3.63) is 93.0 Å². The highest BCUT2D eigenvalue weighted by atomic mass is 35.5. The van der Waals surface area contributed by atoms with Gasteiger partial charge >= 0.3 is 6.03 Å². The van der Waals surface area contributed by atoms with Gasteiger partial charge in [-0.15, -0.1) is 0 Å². The quantitative estimate of drug-likeness (QED) is 0.353. The highest BCUT2D eigenvalue weighted by Crippen LogP contribution is 2.38. The molecule has 1 N–H and O–H groups in total. The van der Waals surface area contributed by atoms with Crippen molar-refractivity contribution in [2.24, 2.45) is 0 Å². The van der Waals surface area contributed by atoms with Gasteiger partial charge in [-0.05, 0) is 73.4 Å². The zero-order valence-corrected chi connectivity index (χ0v) is 21.1. The van der Waals surface area contributed by atoms with E-state index in [1.807, 2.05) is 51.1 Å². The Kier molecular flexibility index (Phi) is 7.12. The molecule has 3 aromatic rings. The summed E-state index contributed by atoms with van der Waals surface area (Å²) in [4.78, 5) is 39.2. The Morgan fingerprint density at radius 3 is 2.33 bits per heavy atom. The molecule has 1 saturated heterocycles. The van der Waals surface area contributed by atoms with Gasteiger partial charge in [-0.2, -0.15) is 0 Å². The van der Waals surface area contributed by atoms with E-state index in [4.69, 9.17) is 21.1 Å². The Morgan fingerprint density at radius 2 is 1.67 bits per heavy atom. The van der Waals surface area contributed by atoms with Gasteiger partial charge < -0.3 is 9.47 Å². The van der Waals surface area contributed by atoms with Crippen LogP contribution in [-0.2, 0) is 16.2 Å². The lowest BCUT2D eigenvalue weighted by Gasteiger charge is -2.27. The summed E-state index contributed by atoms with van der Waals surface area (Å²) in [6.07, 6.45) is 1.37. The second kappa shape index (κ2) is 10.3. The maximum absolute atomic E-state index is 13.2. The molecule has 0 unspecified atom stereocenters. The van der Waals surface area contributed by atoms with Crippen LogP contribution in [0.5, 0.6) is 11.5 Å². The molecule has 0 radical (unpaired) electrons. The zero-order chi connectivity index (χ0) is 26.0. The number of carbonyl (C=O) groups excluding carboxylic acids is 3. The molecule has 4 rings (SSSR count). The van der Waals surface area contributed by atoms with E-state index in [0.29, 0.717) is 22.7 Å². The largest absolute Gasteiger partial charge is 0.493 e. The van der Waals surface area contributed by atoms with Crippen LogP contribution in [0.15, 0.2) is 60.2 Å². The van der Waals surface area contributed by atoms with Crippen LogP contribution in [0.1, 0.15) is 27.8 Å². The molecule has 1 fully saturated rings. The minimum absolute atomic E-state index is 0.209. The summed E-state index contributed by atoms with van der Waals surface area (Å²) < 4.78 is 11.4. The molecule has 184 valence electrons. The number of halogens is 1. The number of ether oxygens (including phenoxy) is 2. The fourth-order valence-electron chi connectivity index (χ4n) is 3.73. The van der Waals surface area contributed by atoms with E-state index in [-0.39, 0.29) is 17.2 Å². The van der Waals surface area contributed by atoms with Crippen LogP contribution >= 0.6 is 11.6 Å². The van der Waals surface area contributed by atoms with Crippen molar-refractivity contribution in [1.82, 2.24) is 5.32 Å².